The molecule has 0 spiro atoms. The molecule has 1 amide bonds. The molecule has 0 radical (unpaired) electrons. The zero-order valence-electron chi connectivity index (χ0n) is 18.7. The maximum atomic E-state index is 13.1. The van der Waals surface area contributed by atoms with Crippen molar-refractivity contribution in [1.29, 1.82) is 0 Å². The Hall–Kier alpha value is -3.36. The van der Waals surface area contributed by atoms with Crippen LogP contribution in [-0.2, 0) is 17.4 Å². The van der Waals surface area contributed by atoms with Gasteiger partial charge in [0, 0.05) is 34.8 Å². The molecule has 2 aromatic heterocycles. The molecule has 4 rings (SSSR count). The van der Waals surface area contributed by atoms with Gasteiger partial charge in [-0.2, -0.15) is 0 Å². The number of pyridine rings is 1. The second kappa shape index (κ2) is 9.25. The molecule has 33 heavy (non-hydrogen) atoms. The lowest BCUT2D eigenvalue weighted by molar-refractivity contribution is 0.1000. The molecule has 3 N–H and O–H groups in total. The van der Waals surface area contributed by atoms with Gasteiger partial charge in [0.05, 0.1) is 21.8 Å². The Morgan fingerprint density at radius 2 is 1.88 bits per heavy atom. The number of benzene rings is 2. The first-order valence-electron chi connectivity index (χ1n) is 10.6. The van der Waals surface area contributed by atoms with Gasteiger partial charge in [-0.05, 0) is 56.7 Å². The molecule has 2 heterocycles. The lowest BCUT2D eigenvalue weighted by atomic mass is 9.94. The van der Waals surface area contributed by atoms with E-state index in [1.807, 2.05) is 63.2 Å². The zero-order chi connectivity index (χ0) is 23.6. The van der Waals surface area contributed by atoms with E-state index < -0.39 is 21.6 Å². The number of hydrogen-bond donors (Lipinski definition) is 2. The fourth-order valence-corrected chi connectivity index (χ4v) is 4.37. The molecule has 2 atom stereocenters. The van der Waals surface area contributed by atoms with Crippen LogP contribution in [0, 0.1) is 0 Å². The summed E-state index contributed by atoms with van der Waals surface area (Å²) in [7, 11) is -1.31. The Morgan fingerprint density at radius 1 is 1.12 bits per heavy atom. The van der Waals surface area contributed by atoms with Crippen molar-refractivity contribution in [1.82, 2.24) is 14.9 Å². The number of rotatable bonds is 7. The van der Waals surface area contributed by atoms with Gasteiger partial charge < -0.3 is 10.3 Å². The van der Waals surface area contributed by atoms with Gasteiger partial charge in [-0.25, -0.2) is 8.93 Å². The standard InChI is InChI=1S/C25H26N4O3S/c1-25(2,3)33(31)29-21(15-17-8-6-7-13-27-17)18-9-4-5-10-19(18)23-20-12-11-16(24(26)30)14-22(20)32-28-23/h4-14,21,29H,15H2,1-3H3,(H2,26,30). The first kappa shape index (κ1) is 22.8. The van der Waals surface area contributed by atoms with E-state index in [0.717, 1.165) is 22.2 Å². The molecule has 8 heteroatoms. The van der Waals surface area contributed by atoms with Crippen LogP contribution in [0.4, 0.5) is 0 Å². The molecule has 0 aliphatic rings. The molecular weight excluding hydrogens is 436 g/mol. The van der Waals surface area contributed by atoms with Crippen molar-refractivity contribution in [3.8, 4) is 11.3 Å². The molecule has 2 aromatic carbocycles. The van der Waals surface area contributed by atoms with E-state index in [4.69, 9.17) is 10.3 Å². The molecule has 0 aliphatic heterocycles. The smallest absolute Gasteiger partial charge is 0.248 e. The van der Waals surface area contributed by atoms with Gasteiger partial charge in [0.1, 0.15) is 5.69 Å². The van der Waals surface area contributed by atoms with Gasteiger partial charge in [0.15, 0.2) is 5.58 Å². The molecule has 170 valence electrons. The molecule has 0 bridgehead atoms. The number of hydrogen-bond acceptors (Lipinski definition) is 5. The van der Waals surface area contributed by atoms with Crippen LogP contribution in [0.2, 0.25) is 0 Å². The second-order valence-corrected chi connectivity index (χ2v) is 10.8. The van der Waals surface area contributed by atoms with Crippen molar-refractivity contribution in [2.24, 2.45) is 5.73 Å². The molecular formula is C25H26N4O3S. The predicted octanol–water partition coefficient (Wildman–Crippen LogP) is 4.32. The van der Waals surface area contributed by atoms with Crippen LogP contribution >= 0.6 is 0 Å². The van der Waals surface area contributed by atoms with Gasteiger partial charge in [0.2, 0.25) is 5.91 Å². The molecule has 2 unspecified atom stereocenters. The fourth-order valence-electron chi connectivity index (χ4n) is 3.55. The quantitative estimate of drug-likeness (QED) is 0.425. The van der Waals surface area contributed by atoms with Crippen LogP contribution in [-0.4, -0.2) is 25.0 Å². The van der Waals surface area contributed by atoms with Crippen LogP contribution in [0.25, 0.3) is 22.2 Å². The Morgan fingerprint density at radius 3 is 2.58 bits per heavy atom. The monoisotopic (exact) mass is 462 g/mol. The molecule has 0 saturated heterocycles. The molecule has 0 aliphatic carbocycles. The summed E-state index contributed by atoms with van der Waals surface area (Å²) >= 11 is 0. The number of carbonyl (C=O) groups is 1. The highest BCUT2D eigenvalue weighted by atomic mass is 32.2. The number of primary amides is 1. The van der Waals surface area contributed by atoms with Crippen molar-refractivity contribution < 1.29 is 13.5 Å². The summed E-state index contributed by atoms with van der Waals surface area (Å²) in [5, 5.41) is 5.06. The summed E-state index contributed by atoms with van der Waals surface area (Å²) in [5.74, 6) is -0.528. The van der Waals surface area contributed by atoms with E-state index in [1.165, 1.54) is 0 Å². The van der Waals surface area contributed by atoms with Crippen LogP contribution in [0.3, 0.4) is 0 Å². The highest BCUT2D eigenvalue weighted by Crippen LogP contribution is 2.35. The summed E-state index contributed by atoms with van der Waals surface area (Å²) in [6.07, 6.45) is 2.29. The molecule has 0 saturated carbocycles. The van der Waals surface area contributed by atoms with Gasteiger partial charge in [-0.1, -0.05) is 35.5 Å². The Bertz CT molecular complexity index is 1310. The van der Waals surface area contributed by atoms with Gasteiger partial charge in [-0.3, -0.25) is 9.78 Å². The number of fused-ring (bicyclic) bond motifs is 1. The molecule has 4 aromatic rings. The first-order chi connectivity index (χ1) is 15.7. The summed E-state index contributed by atoms with van der Waals surface area (Å²) in [6, 6.07) is 18.3. The van der Waals surface area contributed by atoms with Crippen LogP contribution in [0.1, 0.15) is 48.4 Å². The Labute approximate surface area is 195 Å². The van der Waals surface area contributed by atoms with Gasteiger partial charge in [-0.15, -0.1) is 0 Å². The van der Waals surface area contributed by atoms with E-state index >= 15 is 0 Å². The SMILES string of the molecule is CC(C)(C)S(=O)NC(Cc1ccccn1)c1ccccc1-c1noc2cc(C(N)=O)ccc12. The summed E-state index contributed by atoms with van der Waals surface area (Å²) < 4.78 is 21.5. The number of nitrogens with one attached hydrogen (secondary N) is 1. The maximum absolute atomic E-state index is 13.1. The van der Waals surface area contributed by atoms with Crippen molar-refractivity contribution in [3.05, 3.63) is 83.7 Å². The average molecular weight is 463 g/mol. The summed E-state index contributed by atoms with van der Waals surface area (Å²) in [6.45, 7) is 5.80. The number of nitrogens with zero attached hydrogens (tertiary/aromatic N) is 2. The van der Waals surface area contributed by atoms with Crippen LogP contribution < -0.4 is 10.5 Å². The lowest BCUT2D eigenvalue weighted by Gasteiger charge is -2.25. The minimum atomic E-state index is -1.31. The van der Waals surface area contributed by atoms with Crippen LogP contribution in [0.5, 0.6) is 0 Å². The largest absolute Gasteiger partial charge is 0.366 e. The second-order valence-electron chi connectivity index (χ2n) is 8.77. The van der Waals surface area contributed by atoms with E-state index in [1.54, 1.807) is 24.4 Å². The summed E-state index contributed by atoms with van der Waals surface area (Å²) in [4.78, 5) is 16.0. The summed E-state index contributed by atoms with van der Waals surface area (Å²) in [5.41, 5.74) is 9.53. The topological polar surface area (TPSA) is 111 Å². The van der Waals surface area contributed by atoms with Gasteiger partial charge in [0.25, 0.3) is 0 Å². The predicted molar refractivity (Wildman–Crippen MR) is 130 cm³/mol. The van der Waals surface area contributed by atoms with Crippen molar-refractivity contribution >= 4 is 27.9 Å². The molecule has 7 nitrogen and oxygen atoms in total. The third-order valence-electron chi connectivity index (χ3n) is 5.29. The fraction of sp³-hybridized carbons (Fsp3) is 0.240. The van der Waals surface area contributed by atoms with E-state index in [0.29, 0.717) is 23.3 Å². The number of carbonyl (C=O) groups excluding carboxylic acids is 1. The maximum Gasteiger partial charge on any atom is 0.248 e. The number of aromatic nitrogens is 2. The Balaban J connectivity index is 1.80. The number of amides is 1. The van der Waals surface area contributed by atoms with Crippen LogP contribution in [0.15, 0.2) is 71.4 Å². The highest BCUT2D eigenvalue weighted by molar-refractivity contribution is 7.84. The van der Waals surface area contributed by atoms with Crippen molar-refractivity contribution in [2.45, 2.75) is 38.0 Å². The number of nitrogens with two attached hydrogens (primary N) is 1. The Kier molecular flexibility index (Phi) is 6.40. The first-order valence-corrected chi connectivity index (χ1v) is 11.8. The third kappa shape index (κ3) is 5.02. The van der Waals surface area contributed by atoms with E-state index in [-0.39, 0.29) is 6.04 Å². The average Bonchev–Trinajstić information content (AvgIpc) is 3.22. The third-order valence-corrected chi connectivity index (χ3v) is 6.90. The highest BCUT2D eigenvalue weighted by Gasteiger charge is 2.27. The molecule has 0 fully saturated rings. The normalized spacial score (nSPS) is 13.7. The van der Waals surface area contributed by atoms with Crippen molar-refractivity contribution in [2.75, 3.05) is 0 Å². The van der Waals surface area contributed by atoms with E-state index in [9.17, 15) is 9.00 Å². The lowest BCUT2D eigenvalue weighted by Crippen LogP contribution is -2.36. The zero-order valence-corrected chi connectivity index (χ0v) is 19.6. The van der Waals surface area contributed by atoms with E-state index in [2.05, 4.69) is 14.9 Å². The minimum Gasteiger partial charge on any atom is -0.366 e. The van der Waals surface area contributed by atoms with Gasteiger partial charge >= 0.3 is 0 Å². The van der Waals surface area contributed by atoms with Crippen molar-refractivity contribution in [3.63, 3.8) is 0 Å². The minimum absolute atomic E-state index is 0.284.